The van der Waals surface area contributed by atoms with Gasteiger partial charge in [-0.3, -0.25) is 4.57 Å². The van der Waals surface area contributed by atoms with Gasteiger partial charge in [-0.25, -0.2) is 4.98 Å². The molecule has 0 aliphatic heterocycles. The zero-order chi connectivity index (χ0) is 11.5. The van der Waals surface area contributed by atoms with Crippen molar-refractivity contribution in [3.05, 3.63) is 40.9 Å². The number of rotatable bonds is 2. The van der Waals surface area contributed by atoms with Gasteiger partial charge in [-0.15, -0.1) is 0 Å². The molecule has 0 saturated carbocycles. The van der Waals surface area contributed by atoms with Gasteiger partial charge in [0.1, 0.15) is 5.82 Å². The zero-order valence-corrected chi connectivity index (χ0v) is 10.7. The third kappa shape index (κ3) is 2.15. The Kier molecular flexibility index (Phi) is 3.36. The fourth-order valence-electron chi connectivity index (χ4n) is 1.45. The Labute approximate surface area is 104 Å². The van der Waals surface area contributed by atoms with Crippen LogP contribution < -0.4 is 0 Å². The molecule has 0 radical (unpaired) electrons. The third-order valence-corrected chi connectivity index (χ3v) is 2.98. The first-order valence-corrected chi connectivity index (χ1v) is 6.43. The Bertz CT molecular complexity index is 549. The number of aromatic nitrogens is 3. The van der Waals surface area contributed by atoms with E-state index in [1.54, 1.807) is 0 Å². The van der Waals surface area contributed by atoms with Crippen molar-refractivity contribution >= 4 is 24.0 Å². The van der Waals surface area contributed by atoms with E-state index in [4.69, 9.17) is 12.2 Å². The lowest BCUT2D eigenvalue weighted by atomic mass is 10.3. The number of thioether (sulfide) groups is 1. The molecule has 82 valence electrons. The molecule has 2 rings (SSSR count). The summed E-state index contributed by atoms with van der Waals surface area (Å²) in [6, 6.07) is 9.90. The second-order valence-corrected chi connectivity index (χ2v) is 4.35. The molecule has 0 spiro atoms. The Morgan fingerprint density at radius 1 is 1.19 bits per heavy atom. The van der Waals surface area contributed by atoms with Crippen LogP contribution in [0.25, 0.3) is 5.69 Å². The lowest BCUT2D eigenvalue weighted by molar-refractivity contribution is 0.768. The summed E-state index contributed by atoms with van der Waals surface area (Å²) in [5, 5.41) is 0.717. The lowest BCUT2D eigenvalue weighted by Gasteiger charge is -2.10. The maximum atomic E-state index is 5.27. The maximum Gasteiger partial charge on any atom is 0.208 e. The predicted octanol–water partition coefficient (Wildman–Crippen LogP) is 3.03. The van der Waals surface area contributed by atoms with Crippen LogP contribution in [0.4, 0.5) is 0 Å². The highest BCUT2D eigenvalue weighted by Crippen LogP contribution is 2.13. The second kappa shape index (κ2) is 4.76. The van der Waals surface area contributed by atoms with E-state index in [0.29, 0.717) is 4.77 Å². The van der Waals surface area contributed by atoms with Gasteiger partial charge in [0.25, 0.3) is 0 Å². The number of hydrogen-bond donors (Lipinski definition) is 0. The standard InChI is InChI=1S/C11H11N3S2/c1-8-12-10(16-2)13-11(15)14(8)9-6-4-3-5-7-9/h3-7H,1-2H3. The summed E-state index contributed by atoms with van der Waals surface area (Å²) in [7, 11) is 0. The largest absolute Gasteiger partial charge is 0.273 e. The highest BCUT2D eigenvalue weighted by atomic mass is 32.2. The summed E-state index contributed by atoms with van der Waals surface area (Å²) >= 11 is 6.77. The van der Waals surface area contributed by atoms with E-state index in [-0.39, 0.29) is 0 Å². The number of hydrogen-bond acceptors (Lipinski definition) is 4. The van der Waals surface area contributed by atoms with Crippen molar-refractivity contribution in [3.63, 3.8) is 0 Å². The highest BCUT2D eigenvalue weighted by Gasteiger charge is 2.04. The Hall–Kier alpha value is -1.20. The van der Waals surface area contributed by atoms with Gasteiger partial charge >= 0.3 is 0 Å². The van der Waals surface area contributed by atoms with E-state index in [2.05, 4.69) is 9.97 Å². The normalized spacial score (nSPS) is 10.4. The van der Waals surface area contributed by atoms with Crippen LogP contribution in [0, 0.1) is 11.7 Å². The van der Waals surface area contributed by atoms with Crippen molar-refractivity contribution in [2.45, 2.75) is 12.1 Å². The molecule has 2 aromatic rings. The summed E-state index contributed by atoms with van der Waals surface area (Å²) in [5.41, 5.74) is 0.998. The highest BCUT2D eigenvalue weighted by molar-refractivity contribution is 7.98. The Morgan fingerprint density at radius 3 is 2.44 bits per heavy atom. The Balaban J connectivity index is 2.63. The van der Waals surface area contributed by atoms with Gasteiger partial charge < -0.3 is 0 Å². The van der Waals surface area contributed by atoms with Crippen LogP contribution >= 0.6 is 24.0 Å². The van der Waals surface area contributed by atoms with E-state index in [1.807, 2.05) is 48.1 Å². The predicted molar refractivity (Wildman–Crippen MR) is 68.7 cm³/mol. The molecule has 0 fully saturated rings. The first-order valence-electron chi connectivity index (χ1n) is 4.79. The van der Waals surface area contributed by atoms with Gasteiger partial charge in [-0.05, 0) is 37.5 Å². The van der Waals surface area contributed by atoms with Gasteiger partial charge in [0, 0.05) is 5.69 Å². The number of benzene rings is 1. The molecular weight excluding hydrogens is 238 g/mol. The molecule has 1 aromatic heterocycles. The van der Waals surface area contributed by atoms with Crippen LogP contribution in [0.1, 0.15) is 5.82 Å². The van der Waals surface area contributed by atoms with Crippen molar-refractivity contribution in [1.29, 1.82) is 0 Å². The molecule has 0 bridgehead atoms. The summed E-state index contributed by atoms with van der Waals surface area (Å²) in [5.74, 6) is 0.857. The Morgan fingerprint density at radius 2 is 1.88 bits per heavy atom. The summed E-state index contributed by atoms with van der Waals surface area (Å²) in [6.07, 6.45) is 1.94. The molecule has 16 heavy (non-hydrogen) atoms. The zero-order valence-electron chi connectivity index (χ0n) is 9.04. The average Bonchev–Trinajstić information content (AvgIpc) is 2.29. The third-order valence-electron chi connectivity index (χ3n) is 2.16. The van der Waals surface area contributed by atoms with E-state index >= 15 is 0 Å². The second-order valence-electron chi connectivity index (χ2n) is 3.21. The molecule has 5 heteroatoms. The number of para-hydroxylation sites is 1. The summed E-state index contributed by atoms with van der Waals surface area (Å²) in [6.45, 7) is 1.93. The van der Waals surface area contributed by atoms with E-state index in [9.17, 15) is 0 Å². The van der Waals surface area contributed by atoms with Crippen LogP contribution in [-0.4, -0.2) is 20.8 Å². The number of nitrogens with zero attached hydrogens (tertiary/aromatic N) is 3. The van der Waals surface area contributed by atoms with Gasteiger partial charge in [0.05, 0.1) is 0 Å². The molecule has 0 amide bonds. The fourth-order valence-corrected chi connectivity index (χ4v) is 2.23. The first kappa shape index (κ1) is 11.3. The topological polar surface area (TPSA) is 30.7 Å². The van der Waals surface area contributed by atoms with Gasteiger partial charge in [-0.1, -0.05) is 30.0 Å². The molecule has 1 aromatic carbocycles. The van der Waals surface area contributed by atoms with Crippen LogP contribution in [0.2, 0.25) is 0 Å². The van der Waals surface area contributed by atoms with E-state index in [0.717, 1.165) is 16.7 Å². The molecule has 0 aliphatic carbocycles. The minimum absolute atomic E-state index is 0.544. The average molecular weight is 249 g/mol. The smallest absolute Gasteiger partial charge is 0.208 e. The van der Waals surface area contributed by atoms with E-state index < -0.39 is 0 Å². The molecular formula is C11H11N3S2. The minimum atomic E-state index is 0.544. The monoisotopic (exact) mass is 249 g/mol. The fraction of sp³-hybridized carbons (Fsp3) is 0.182. The molecule has 0 unspecified atom stereocenters. The summed E-state index contributed by atoms with van der Waals surface area (Å²) < 4.78 is 2.41. The van der Waals surface area contributed by atoms with Crippen LogP contribution in [0.3, 0.4) is 0 Å². The van der Waals surface area contributed by atoms with E-state index in [1.165, 1.54) is 11.8 Å². The minimum Gasteiger partial charge on any atom is -0.273 e. The van der Waals surface area contributed by atoms with Crippen LogP contribution in [0.15, 0.2) is 35.5 Å². The number of aryl methyl sites for hydroxylation is 1. The SMILES string of the molecule is CSc1nc(C)n(-c2ccccc2)c(=S)n1. The molecule has 0 N–H and O–H groups in total. The molecule has 0 saturated heterocycles. The van der Waals surface area contributed by atoms with Gasteiger partial charge in [-0.2, -0.15) is 4.98 Å². The maximum absolute atomic E-state index is 5.27. The lowest BCUT2D eigenvalue weighted by Crippen LogP contribution is -2.07. The van der Waals surface area contributed by atoms with Crippen molar-refractivity contribution in [1.82, 2.24) is 14.5 Å². The van der Waals surface area contributed by atoms with Crippen molar-refractivity contribution in [3.8, 4) is 5.69 Å². The van der Waals surface area contributed by atoms with Crippen LogP contribution in [0.5, 0.6) is 0 Å². The molecule has 1 heterocycles. The van der Waals surface area contributed by atoms with Crippen molar-refractivity contribution < 1.29 is 0 Å². The van der Waals surface area contributed by atoms with Crippen molar-refractivity contribution in [2.24, 2.45) is 0 Å². The van der Waals surface area contributed by atoms with Crippen molar-refractivity contribution in [2.75, 3.05) is 6.26 Å². The molecule has 3 nitrogen and oxygen atoms in total. The molecule has 0 atom stereocenters. The summed E-state index contributed by atoms with van der Waals surface area (Å²) in [4.78, 5) is 8.64. The first-order chi connectivity index (χ1) is 7.72. The van der Waals surface area contributed by atoms with Crippen LogP contribution in [-0.2, 0) is 0 Å². The quantitative estimate of drug-likeness (QED) is 0.604. The molecule has 0 aliphatic rings. The van der Waals surface area contributed by atoms with Gasteiger partial charge in [0.15, 0.2) is 5.16 Å². The van der Waals surface area contributed by atoms with Gasteiger partial charge in [0.2, 0.25) is 4.77 Å².